The molecule has 2 aromatic carbocycles. The second-order valence-electron chi connectivity index (χ2n) is 6.86. The standard InChI is InChI=1S/C20H23FN4O2/c21-15-3-1-13(2-4-15)11-14-7-9-25(10-8-14)20(27)19(26)24-16-5-6-17(22)18(23)12-16/h1-6,12,14H,7-11,22-23H2,(H,24,26). The summed E-state index contributed by atoms with van der Waals surface area (Å²) in [6.45, 7) is 1.06. The first-order valence-corrected chi connectivity index (χ1v) is 8.92. The molecule has 1 aliphatic heterocycles. The quantitative estimate of drug-likeness (QED) is 0.570. The van der Waals surface area contributed by atoms with E-state index in [1.807, 2.05) is 0 Å². The third-order valence-corrected chi connectivity index (χ3v) is 4.88. The van der Waals surface area contributed by atoms with Crippen LogP contribution in [0.1, 0.15) is 18.4 Å². The van der Waals surface area contributed by atoms with Crippen molar-refractivity contribution in [3.05, 3.63) is 53.8 Å². The summed E-state index contributed by atoms with van der Waals surface area (Å²) >= 11 is 0. The second-order valence-corrected chi connectivity index (χ2v) is 6.86. The van der Waals surface area contributed by atoms with Crippen LogP contribution in [0.5, 0.6) is 0 Å². The van der Waals surface area contributed by atoms with Crippen LogP contribution < -0.4 is 16.8 Å². The largest absolute Gasteiger partial charge is 0.397 e. The molecule has 0 unspecified atom stereocenters. The molecule has 3 rings (SSSR count). The van der Waals surface area contributed by atoms with Crippen molar-refractivity contribution in [1.82, 2.24) is 4.90 Å². The topological polar surface area (TPSA) is 101 Å². The van der Waals surface area contributed by atoms with Crippen molar-refractivity contribution in [2.24, 2.45) is 5.92 Å². The number of carbonyl (C=O) groups excluding carboxylic acids is 2. The van der Waals surface area contributed by atoms with Crippen molar-refractivity contribution in [2.45, 2.75) is 19.3 Å². The molecule has 5 N–H and O–H groups in total. The van der Waals surface area contributed by atoms with E-state index in [-0.39, 0.29) is 5.82 Å². The molecule has 1 fully saturated rings. The normalized spacial score (nSPS) is 14.8. The lowest BCUT2D eigenvalue weighted by Crippen LogP contribution is -2.44. The van der Waals surface area contributed by atoms with E-state index in [0.29, 0.717) is 36.1 Å². The van der Waals surface area contributed by atoms with Crippen molar-refractivity contribution < 1.29 is 14.0 Å². The smallest absolute Gasteiger partial charge is 0.313 e. The van der Waals surface area contributed by atoms with Crippen LogP contribution in [-0.2, 0) is 16.0 Å². The number of nitrogen functional groups attached to an aromatic ring is 2. The molecule has 1 aliphatic rings. The number of halogens is 1. The molecule has 1 heterocycles. The van der Waals surface area contributed by atoms with E-state index in [0.717, 1.165) is 24.8 Å². The number of hydrogen-bond donors (Lipinski definition) is 3. The highest BCUT2D eigenvalue weighted by molar-refractivity contribution is 6.39. The molecule has 0 spiro atoms. The van der Waals surface area contributed by atoms with Gasteiger partial charge in [0.15, 0.2) is 0 Å². The summed E-state index contributed by atoms with van der Waals surface area (Å²) in [5, 5.41) is 2.56. The van der Waals surface area contributed by atoms with Gasteiger partial charge in [-0.15, -0.1) is 0 Å². The summed E-state index contributed by atoms with van der Waals surface area (Å²) in [5.41, 5.74) is 13.6. The van der Waals surface area contributed by atoms with Crippen LogP contribution in [0.4, 0.5) is 21.5 Å². The van der Waals surface area contributed by atoms with Crippen LogP contribution >= 0.6 is 0 Å². The van der Waals surface area contributed by atoms with Crippen LogP contribution in [0.15, 0.2) is 42.5 Å². The Kier molecular flexibility index (Phi) is 5.59. The molecule has 2 amide bonds. The van der Waals surface area contributed by atoms with Gasteiger partial charge >= 0.3 is 11.8 Å². The summed E-state index contributed by atoms with van der Waals surface area (Å²) in [6.07, 6.45) is 2.47. The average molecular weight is 370 g/mol. The zero-order valence-electron chi connectivity index (χ0n) is 15.0. The lowest BCUT2D eigenvalue weighted by atomic mass is 9.90. The lowest BCUT2D eigenvalue weighted by molar-refractivity contribution is -0.144. The number of anilines is 3. The molecule has 1 saturated heterocycles. The highest BCUT2D eigenvalue weighted by Gasteiger charge is 2.27. The fraction of sp³-hybridized carbons (Fsp3) is 0.300. The zero-order valence-corrected chi connectivity index (χ0v) is 15.0. The number of amides is 2. The number of nitrogens with zero attached hydrogens (tertiary/aromatic N) is 1. The van der Waals surface area contributed by atoms with Crippen LogP contribution in [0.25, 0.3) is 0 Å². The summed E-state index contributed by atoms with van der Waals surface area (Å²) in [5.74, 6) is -1.06. The molecule has 2 aromatic rings. The third-order valence-electron chi connectivity index (χ3n) is 4.88. The Morgan fingerprint density at radius 2 is 1.70 bits per heavy atom. The number of nitrogens with one attached hydrogen (secondary N) is 1. The molecule has 0 radical (unpaired) electrons. The molecule has 142 valence electrons. The SMILES string of the molecule is Nc1ccc(NC(=O)C(=O)N2CCC(Cc3ccc(F)cc3)CC2)cc1N. The Hall–Kier alpha value is -3.09. The Morgan fingerprint density at radius 1 is 1.04 bits per heavy atom. The second kappa shape index (κ2) is 8.07. The minimum atomic E-state index is -0.684. The van der Waals surface area contributed by atoms with Crippen LogP contribution in [0.2, 0.25) is 0 Å². The maximum Gasteiger partial charge on any atom is 0.313 e. The molecule has 6 nitrogen and oxygen atoms in total. The van der Waals surface area contributed by atoms with Gasteiger partial charge in [-0.1, -0.05) is 12.1 Å². The van der Waals surface area contributed by atoms with Crippen molar-refractivity contribution in [2.75, 3.05) is 29.9 Å². The fourth-order valence-electron chi connectivity index (χ4n) is 3.27. The minimum Gasteiger partial charge on any atom is -0.397 e. The number of nitrogens with two attached hydrogens (primary N) is 2. The first-order chi connectivity index (χ1) is 12.9. The molecule has 0 atom stereocenters. The number of rotatable bonds is 3. The molecular weight excluding hydrogens is 347 g/mol. The van der Waals surface area contributed by atoms with Gasteiger partial charge in [-0.05, 0) is 61.1 Å². The van der Waals surface area contributed by atoms with Gasteiger partial charge in [0, 0.05) is 18.8 Å². The van der Waals surface area contributed by atoms with Gasteiger partial charge < -0.3 is 21.7 Å². The number of hydrogen-bond acceptors (Lipinski definition) is 4. The lowest BCUT2D eigenvalue weighted by Gasteiger charge is -2.31. The van der Waals surface area contributed by atoms with E-state index in [1.54, 1.807) is 29.2 Å². The van der Waals surface area contributed by atoms with Crippen molar-refractivity contribution in [3.8, 4) is 0 Å². The number of carbonyl (C=O) groups is 2. The molecular formula is C20H23FN4O2. The van der Waals surface area contributed by atoms with Gasteiger partial charge in [-0.25, -0.2) is 4.39 Å². The Labute approximate surface area is 157 Å². The van der Waals surface area contributed by atoms with Gasteiger partial charge in [-0.3, -0.25) is 9.59 Å². The van der Waals surface area contributed by atoms with E-state index in [4.69, 9.17) is 11.5 Å². The molecule has 0 saturated carbocycles. The van der Waals surface area contributed by atoms with Crippen molar-refractivity contribution >= 4 is 28.9 Å². The van der Waals surface area contributed by atoms with Gasteiger partial charge in [-0.2, -0.15) is 0 Å². The fourth-order valence-corrected chi connectivity index (χ4v) is 3.27. The molecule has 0 aromatic heterocycles. The minimum absolute atomic E-state index is 0.243. The third kappa shape index (κ3) is 4.75. The Bertz CT molecular complexity index is 830. The summed E-state index contributed by atoms with van der Waals surface area (Å²) in [7, 11) is 0. The predicted octanol–water partition coefficient (Wildman–Crippen LogP) is 2.41. The molecule has 0 aliphatic carbocycles. The van der Waals surface area contributed by atoms with E-state index < -0.39 is 11.8 Å². The van der Waals surface area contributed by atoms with Gasteiger partial charge in [0.05, 0.1) is 11.4 Å². The molecule has 0 bridgehead atoms. The highest BCUT2D eigenvalue weighted by Crippen LogP contribution is 2.23. The monoisotopic (exact) mass is 370 g/mol. The van der Waals surface area contributed by atoms with Crippen LogP contribution in [0, 0.1) is 11.7 Å². The Balaban J connectivity index is 1.50. The maximum atomic E-state index is 13.0. The summed E-state index contributed by atoms with van der Waals surface area (Å²) in [6, 6.07) is 11.2. The van der Waals surface area contributed by atoms with E-state index in [9.17, 15) is 14.0 Å². The number of benzene rings is 2. The number of likely N-dealkylation sites (tertiary alicyclic amines) is 1. The average Bonchev–Trinajstić information content (AvgIpc) is 2.66. The number of piperidine rings is 1. The van der Waals surface area contributed by atoms with Gasteiger partial charge in [0.25, 0.3) is 0 Å². The van der Waals surface area contributed by atoms with Crippen LogP contribution in [-0.4, -0.2) is 29.8 Å². The van der Waals surface area contributed by atoms with Gasteiger partial charge in [0.2, 0.25) is 0 Å². The predicted molar refractivity (Wildman–Crippen MR) is 103 cm³/mol. The molecule has 7 heteroatoms. The summed E-state index contributed by atoms with van der Waals surface area (Å²) in [4.78, 5) is 26.1. The highest BCUT2D eigenvalue weighted by atomic mass is 19.1. The van der Waals surface area contributed by atoms with E-state index >= 15 is 0 Å². The van der Waals surface area contributed by atoms with Gasteiger partial charge in [0.1, 0.15) is 5.82 Å². The Morgan fingerprint density at radius 3 is 2.33 bits per heavy atom. The first-order valence-electron chi connectivity index (χ1n) is 8.92. The van der Waals surface area contributed by atoms with Crippen LogP contribution in [0.3, 0.4) is 0 Å². The molecule has 27 heavy (non-hydrogen) atoms. The van der Waals surface area contributed by atoms with E-state index in [2.05, 4.69) is 5.32 Å². The first kappa shape index (κ1) is 18.7. The van der Waals surface area contributed by atoms with Crippen molar-refractivity contribution in [1.29, 1.82) is 0 Å². The summed E-state index contributed by atoms with van der Waals surface area (Å²) < 4.78 is 13.0. The van der Waals surface area contributed by atoms with Crippen molar-refractivity contribution in [3.63, 3.8) is 0 Å². The zero-order chi connectivity index (χ0) is 19.4. The maximum absolute atomic E-state index is 13.0. The van der Waals surface area contributed by atoms with E-state index in [1.165, 1.54) is 18.2 Å².